The number of nitrogens with one attached hydrogen (secondary N) is 1. The maximum atomic E-state index is 10.6. The van der Waals surface area contributed by atoms with Crippen LogP contribution in [0.2, 0.25) is 0 Å². The van der Waals surface area contributed by atoms with E-state index < -0.39 is 12.0 Å². The lowest BCUT2D eigenvalue weighted by atomic mass is 10.0. The van der Waals surface area contributed by atoms with Gasteiger partial charge < -0.3 is 5.11 Å². The van der Waals surface area contributed by atoms with Gasteiger partial charge in [0.05, 0.1) is 5.71 Å². The van der Waals surface area contributed by atoms with E-state index in [1.807, 2.05) is 30.3 Å². The maximum Gasteiger partial charge on any atom is 0.328 e. The molecule has 4 heteroatoms. The molecule has 2 N–H and O–H groups in total. The first-order chi connectivity index (χ1) is 6.77. The highest BCUT2D eigenvalue weighted by Crippen LogP contribution is 2.11. The van der Waals surface area contributed by atoms with Gasteiger partial charge in [-0.05, 0) is 5.56 Å². The molecule has 0 aromatic heterocycles. The van der Waals surface area contributed by atoms with E-state index in [-0.39, 0.29) is 0 Å². The second kappa shape index (κ2) is 3.49. The summed E-state index contributed by atoms with van der Waals surface area (Å²) >= 11 is 0. The van der Waals surface area contributed by atoms with Gasteiger partial charge in [-0.1, -0.05) is 30.3 Å². The third-order valence-electron chi connectivity index (χ3n) is 2.16. The second-order valence-electron chi connectivity index (χ2n) is 3.15. The molecule has 1 aliphatic rings. The topological polar surface area (TPSA) is 61.7 Å². The van der Waals surface area contributed by atoms with E-state index >= 15 is 0 Å². The zero-order chi connectivity index (χ0) is 9.97. The molecule has 1 aliphatic heterocycles. The Morgan fingerprint density at radius 2 is 2.14 bits per heavy atom. The van der Waals surface area contributed by atoms with Crippen molar-refractivity contribution >= 4 is 11.7 Å². The molecule has 0 aliphatic carbocycles. The third kappa shape index (κ3) is 1.59. The average molecular weight is 190 g/mol. The normalized spacial score (nSPS) is 20.0. The number of carboxylic acid groups (broad SMARTS) is 1. The molecule has 72 valence electrons. The lowest BCUT2D eigenvalue weighted by molar-refractivity contribution is -0.139. The van der Waals surface area contributed by atoms with Crippen LogP contribution in [0.15, 0.2) is 35.4 Å². The minimum absolute atomic E-state index is 0.444. The van der Waals surface area contributed by atoms with Crippen LogP contribution in [-0.2, 0) is 4.79 Å². The number of rotatable bonds is 2. The number of nitrogens with zero attached hydrogens (tertiary/aromatic N) is 1. The lowest BCUT2D eigenvalue weighted by Crippen LogP contribution is -2.29. The summed E-state index contributed by atoms with van der Waals surface area (Å²) in [6, 6.07) is 9.00. The van der Waals surface area contributed by atoms with Gasteiger partial charge in [-0.15, -0.1) is 0 Å². The van der Waals surface area contributed by atoms with Gasteiger partial charge in [-0.2, -0.15) is 5.10 Å². The molecule has 1 heterocycles. The van der Waals surface area contributed by atoms with E-state index in [0.29, 0.717) is 6.42 Å². The van der Waals surface area contributed by atoms with E-state index in [2.05, 4.69) is 10.5 Å². The van der Waals surface area contributed by atoms with Gasteiger partial charge in [-0.25, -0.2) is 4.79 Å². The maximum absolute atomic E-state index is 10.6. The van der Waals surface area contributed by atoms with E-state index in [0.717, 1.165) is 11.3 Å². The first-order valence-corrected chi connectivity index (χ1v) is 4.37. The summed E-state index contributed by atoms with van der Waals surface area (Å²) in [7, 11) is 0. The zero-order valence-corrected chi connectivity index (χ0v) is 7.47. The first kappa shape index (κ1) is 8.74. The van der Waals surface area contributed by atoms with Crippen LogP contribution in [0.3, 0.4) is 0 Å². The summed E-state index contributed by atoms with van der Waals surface area (Å²) in [5, 5.41) is 12.7. The Labute approximate surface area is 81.3 Å². The smallest absolute Gasteiger partial charge is 0.328 e. The molecule has 2 rings (SSSR count). The number of hydrogen-bond acceptors (Lipinski definition) is 3. The van der Waals surface area contributed by atoms with Crippen molar-refractivity contribution in [3.8, 4) is 0 Å². The third-order valence-corrected chi connectivity index (χ3v) is 2.16. The Kier molecular flexibility index (Phi) is 2.18. The quantitative estimate of drug-likeness (QED) is 0.726. The van der Waals surface area contributed by atoms with Gasteiger partial charge in [-0.3, -0.25) is 5.43 Å². The molecule has 0 unspecified atom stereocenters. The SMILES string of the molecule is O=C(O)[C@H]1CC(c2ccccc2)=NN1. The van der Waals surface area contributed by atoms with Crippen LogP contribution >= 0.6 is 0 Å². The van der Waals surface area contributed by atoms with Crippen molar-refractivity contribution in [2.24, 2.45) is 5.10 Å². The summed E-state index contributed by atoms with van der Waals surface area (Å²) in [5.74, 6) is -0.861. The minimum Gasteiger partial charge on any atom is -0.480 e. The summed E-state index contributed by atoms with van der Waals surface area (Å²) in [4.78, 5) is 10.6. The predicted octanol–water partition coefficient (Wildman–Crippen LogP) is 0.837. The molecular weight excluding hydrogens is 180 g/mol. The lowest BCUT2D eigenvalue weighted by Gasteiger charge is -2.01. The fourth-order valence-corrected chi connectivity index (χ4v) is 1.40. The predicted molar refractivity (Wildman–Crippen MR) is 52.2 cm³/mol. The molecule has 0 saturated carbocycles. The molecular formula is C10H10N2O2. The fraction of sp³-hybridized carbons (Fsp3) is 0.200. The van der Waals surface area contributed by atoms with Crippen molar-refractivity contribution in [2.75, 3.05) is 0 Å². The van der Waals surface area contributed by atoms with Gasteiger partial charge in [0.25, 0.3) is 0 Å². The molecule has 14 heavy (non-hydrogen) atoms. The van der Waals surface area contributed by atoms with Crippen molar-refractivity contribution in [1.82, 2.24) is 5.43 Å². The molecule has 0 radical (unpaired) electrons. The number of aliphatic carboxylic acids is 1. The zero-order valence-electron chi connectivity index (χ0n) is 7.47. The van der Waals surface area contributed by atoms with Crippen LogP contribution in [0.4, 0.5) is 0 Å². The Morgan fingerprint density at radius 1 is 1.43 bits per heavy atom. The average Bonchev–Trinajstić information content (AvgIpc) is 2.68. The number of carbonyl (C=O) groups is 1. The summed E-state index contributed by atoms with van der Waals surface area (Å²) < 4.78 is 0. The van der Waals surface area contributed by atoms with Crippen molar-refractivity contribution < 1.29 is 9.90 Å². The number of carboxylic acids is 1. The van der Waals surface area contributed by atoms with Crippen LogP contribution in [-0.4, -0.2) is 22.8 Å². The second-order valence-corrected chi connectivity index (χ2v) is 3.15. The van der Waals surface area contributed by atoms with E-state index in [4.69, 9.17) is 5.11 Å². The van der Waals surface area contributed by atoms with Crippen molar-refractivity contribution in [2.45, 2.75) is 12.5 Å². The van der Waals surface area contributed by atoms with Crippen LogP contribution in [0.1, 0.15) is 12.0 Å². The Balaban J connectivity index is 2.13. The first-order valence-electron chi connectivity index (χ1n) is 4.37. The molecule has 4 nitrogen and oxygen atoms in total. The highest BCUT2D eigenvalue weighted by atomic mass is 16.4. The van der Waals surface area contributed by atoms with Crippen LogP contribution in [0.25, 0.3) is 0 Å². The molecule has 0 bridgehead atoms. The summed E-state index contributed by atoms with van der Waals surface area (Å²) in [6.07, 6.45) is 0.444. The fourth-order valence-electron chi connectivity index (χ4n) is 1.40. The Morgan fingerprint density at radius 3 is 2.71 bits per heavy atom. The van der Waals surface area contributed by atoms with E-state index in [1.54, 1.807) is 0 Å². The van der Waals surface area contributed by atoms with Crippen LogP contribution in [0.5, 0.6) is 0 Å². The summed E-state index contributed by atoms with van der Waals surface area (Å²) in [6.45, 7) is 0. The molecule has 1 aromatic rings. The molecule has 0 amide bonds. The minimum atomic E-state index is -0.861. The highest BCUT2D eigenvalue weighted by molar-refractivity contribution is 6.04. The van der Waals surface area contributed by atoms with Gasteiger partial charge in [0.2, 0.25) is 0 Å². The number of hydrogen-bond donors (Lipinski definition) is 2. The van der Waals surface area contributed by atoms with Crippen LogP contribution in [0, 0.1) is 0 Å². The molecule has 0 fully saturated rings. The van der Waals surface area contributed by atoms with E-state index in [9.17, 15) is 4.79 Å². The number of hydrazone groups is 1. The molecule has 1 atom stereocenters. The highest BCUT2D eigenvalue weighted by Gasteiger charge is 2.24. The standard InChI is InChI=1S/C10H10N2O2/c13-10(14)9-6-8(11-12-9)7-4-2-1-3-5-7/h1-5,9,12H,6H2,(H,13,14)/t9-/m1/s1. The van der Waals surface area contributed by atoms with Crippen molar-refractivity contribution in [1.29, 1.82) is 0 Å². The van der Waals surface area contributed by atoms with Crippen LogP contribution < -0.4 is 5.43 Å². The van der Waals surface area contributed by atoms with E-state index in [1.165, 1.54) is 0 Å². The summed E-state index contributed by atoms with van der Waals surface area (Å²) in [5.41, 5.74) is 4.37. The largest absolute Gasteiger partial charge is 0.480 e. The monoisotopic (exact) mass is 190 g/mol. The van der Waals surface area contributed by atoms with Gasteiger partial charge in [0.15, 0.2) is 0 Å². The number of benzene rings is 1. The van der Waals surface area contributed by atoms with Crippen molar-refractivity contribution in [3.63, 3.8) is 0 Å². The molecule has 1 aromatic carbocycles. The Bertz CT molecular complexity index is 373. The van der Waals surface area contributed by atoms with Gasteiger partial charge >= 0.3 is 5.97 Å². The van der Waals surface area contributed by atoms with Gasteiger partial charge in [0.1, 0.15) is 6.04 Å². The van der Waals surface area contributed by atoms with Crippen molar-refractivity contribution in [3.05, 3.63) is 35.9 Å². The molecule has 0 spiro atoms. The Hall–Kier alpha value is -1.84. The van der Waals surface area contributed by atoms with Gasteiger partial charge in [0, 0.05) is 6.42 Å². The molecule has 0 saturated heterocycles.